The molecular formula is C20H16F3NO4S. The molecule has 3 rings (SSSR count). The molecule has 29 heavy (non-hydrogen) atoms. The summed E-state index contributed by atoms with van der Waals surface area (Å²) in [4.78, 5) is 16.0. The van der Waals surface area contributed by atoms with Crippen molar-refractivity contribution >= 4 is 27.0 Å². The lowest BCUT2D eigenvalue weighted by Gasteiger charge is -2.11. The van der Waals surface area contributed by atoms with E-state index in [4.69, 9.17) is 4.74 Å². The highest BCUT2D eigenvalue weighted by atomic mass is 32.2. The predicted molar refractivity (Wildman–Crippen MR) is 100 cm³/mol. The second-order valence-electron chi connectivity index (χ2n) is 6.44. The van der Waals surface area contributed by atoms with Gasteiger partial charge in [-0.3, -0.25) is 9.78 Å². The fraction of sp³-hybridized carbons (Fsp3) is 0.200. The normalized spacial score (nSPS) is 16.9. The van der Waals surface area contributed by atoms with Crippen LogP contribution in [0.5, 0.6) is 0 Å². The van der Waals surface area contributed by atoms with Crippen molar-refractivity contribution in [3.63, 3.8) is 0 Å². The Balaban J connectivity index is 2.04. The second-order valence-corrected chi connectivity index (χ2v) is 8.45. The van der Waals surface area contributed by atoms with Gasteiger partial charge in [-0.05, 0) is 35.4 Å². The molecule has 9 heteroatoms. The average Bonchev–Trinajstić information content (AvgIpc) is 3.11. The summed E-state index contributed by atoms with van der Waals surface area (Å²) in [5, 5.41) is 0. The van der Waals surface area contributed by atoms with Gasteiger partial charge in [-0.25, -0.2) is 8.42 Å². The highest BCUT2D eigenvalue weighted by molar-refractivity contribution is 7.90. The number of hydrogen-bond acceptors (Lipinski definition) is 5. The van der Waals surface area contributed by atoms with Crippen LogP contribution in [0.3, 0.4) is 0 Å². The summed E-state index contributed by atoms with van der Waals surface area (Å²) in [7, 11) is -2.15. The molecule has 1 atom stereocenters. The zero-order chi connectivity index (χ0) is 21.4. The molecule has 1 aliphatic carbocycles. The molecule has 0 radical (unpaired) electrons. The van der Waals surface area contributed by atoms with Gasteiger partial charge in [0.1, 0.15) is 0 Å². The first-order valence-corrected chi connectivity index (χ1v) is 10.3. The van der Waals surface area contributed by atoms with Crippen LogP contribution in [0.1, 0.15) is 16.8 Å². The first-order valence-electron chi connectivity index (χ1n) is 8.36. The minimum absolute atomic E-state index is 0.127. The lowest BCUT2D eigenvalue weighted by atomic mass is 9.98. The number of hydrogen-bond donors (Lipinski definition) is 0. The van der Waals surface area contributed by atoms with Crippen molar-refractivity contribution in [3.05, 3.63) is 71.6 Å². The first kappa shape index (κ1) is 20.8. The predicted octanol–water partition coefficient (Wildman–Crippen LogP) is 3.77. The molecule has 0 saturated heterocycles. The molecule has 1 aromatic heterocycles. The molecule has 152 valence electrons. The number of alkyl halides is 3. The van der Waals surface area contributed by atoms with Crippen LogP contribution in [0.15, 0.2) is 59.6 Å². The molecule has 0 amide bonds. The summed E-state index contributed by atoms with van der Waals surface area (Å²) < 4.78 is 66.5. The maximum atomic E-state index is 12.8. The van der Waals surface area contributed by atoms with E-state index in [1.807, 2.05) is 0 Å². The van der Waals surface area contributed by atoms with E-state index < -0.39 is 33.5 Å². The summed E-state index contributed by atoms with van der Waals surface area (Å²) in [6.07, 6.45) is 0.467. The molecule has 1 unspecified atom stereocenters. The third-order valence-corrected chi connectivity index (χ3v) is 5.54. The number of rotatable bonds is 4. The van der Waals surface area contributed by atoms with Crippen LogP contribution in [0, 0.1) is 5.92 Å². The van der Waals surface area contributed by atoms with Crippen molar-refractivity contribution in [2.45, 2.75) is 11.1 Å². The van der Waals surface area contributed by atoms with E-state index in [-0.39, 0.29) is 10.6 Å². The van der Waals surface area contributed by atoms with E-state index in [0.29, 0.717) is 16.7 Å². The lowest BCUT2D eigenvalue weighted by Crippen LogP contribution is -2.09. The van der Waals surface area contributed by atoms with Gasteiger partial charge in [-0.1, -0.05) is 24.3 Å². The summed E-state index contributed by atoms with van der Waals surface area (Å²) in [6.45, 7) is 0. The molecule has 0 aliphatic heterocycles. The SMILES string of the molecule is COC(=O)C1C=C(c2ccc(S(C)(=O)=O)cc2)C(c2ccc(C(F)(F)F)cn2)=C1. The minimum Gasteiger partial charge on any atom is -0.468 e. The molecule has 0 fully saturated rings. The Labute approximate surface area is 165 Å². The summed E-state index contributed by atoms with van der Waals surface area (Å²) in [5.74, 6) is -1.26. The third-order valence-electron chi connectivity index (χ3n) is 4.42. The maximum Gasteiger partial charge on any atom is 0.417 e. The van der Waals surface area contributed by atoms with Crippen molar-refractivity contribution in [2.75, 3.05) is 13.4 Å². The summed E-state index contributed by atoms with van der Waals surface area (Å²) in [6, 6.07) is 8.13. The number of carbonyl (C=O) groups is 1. The summed E-state index contributed by atoms with van der Waals surface area (Å²) in [5.41, 5.74) is 0.973. The van der Waals surface area contributed by atoms with Crippen LogP contribution in [0.25, 0.3) is 11.1 Å². The molecule has 0 saturated carbocycles. The van der Waals surface area contributed by atoms with Gasteiger partial charge in [-0.15, -0.1) is 0 Å². The number of benzene rings is 1. The van der Waals surface area contributed by atoms with E-state index in [1.54, 1.807) is 24.3 Å². The van der Waals surface area contributed by atoms with Crippen molar-refractivity contribution in [3.8, 4) is 0 Å². The number of methoxy groups -OCH3 is 1. The fourth-order valence-corrected chi connectivity index (χ4v) is 3.57. The number of carbonyl (C=O) groups excluding carboxylic acids is 1. The topological polar surface area (TPSA) is 73.3 Å². The molecule has 0 bridgehead atoms. The molecular weight excluding hydrogens is 407 g/mol. The van der Waals surface area contributed by atoms with Crippen LogP contribution in [-0.2, 0) is 25.5 Å². The van der Waals surface area contributed by atoms with Gasteiger partial charge in [0.25, 0.3) is 0 Å². The van der Waals surface area contributed by atoms with Crippen LogP contribution in [0.2, 0.25) is 0 Å². The van der Waals surface area contributed by atoms with Crippen molar-refractivity contribution < 1.29 is 31.1 Å². The molecule has 5 nitrogen and oxygen atoms in total. The van der Waals surface area contributed by atoms with Gasteiger partial charge in [0.2, 0.25) is 0 Å². The van der Waals surface area contributed by atoms with Crippen molar-refractivity contribution in [2.24, 2.45) is 5.92 Å². The van der Waals surface area contributed by atoms with Gasteiger partial charge >= 0.3 is 12.1 Å². The van der Waals surface area contributed by atoms with Gasteiger partial charge in [0.15, 0.2) is 9.84 Å². The quantitative estimate of drug-likeness (QED) is 0.700. The molecule has 0 N–H and O–H groups in total. The number of aromatic nitrogens is 1. The van der Waals surface area contributed by atoms with Crippen LogP contribution in [0.4, 0.5) is 13.2 Å². The van der Waals surface area contributed by atoms with Gasteiger partial charge in [-0.2, -0.15) is 13.2 Å². The highest BCUT2D eigenvalue weighted by Crippen LogP contribution is 2.39. The van der Waals surface area contributed by atoms with Gasteiger partial charge in [0, 0.05) is 18.0 Å². The van der Waals surface area contributed by atoms with Crippen molar-refractivity contribution in [1.29, 1.82) is 0 Å². The number of halogens is 3. The Hall–Kier alpha value is -2.94. The van der Waals surface area contributed by atoms with E-state index in [2.05, 4.69) is 4.98 Å². The van der Waals surface area contributed by atoms with Gasteiger partial charge in [0.05, 0.1) is 29.2 Å². The standard InChI is InChI=1S/C20H16F3NO4S/c1-28-19(25)13-9-16(12-3-6-15(7-4-12)29(2,26)27)17(10-13)18-8-5-14(11-24-18)20(21,22)23/h3-11,13H,1-2H3. The zero-order valence-corrected chi connectivity index (χ0v) is 16.2. The fourth-order valence-electron chi connectivity index (χ4n) is 2.94. The number of nitrogens with zero attached hydrogens (tertiary/aromatic N) is 1. The lowest BCUT2D eigenvalue weighted by molar-refractivity contribution is -0.142. The van der Waals surface area contributed by atoms with E-state index in [0.717, 1.165) is 18.5 Å². The Morgan fingerprint density at radius 1 is 1.03 bits per heavy atom. The van der Waals surface area contributed by atoms with E-state index >= 15 is 0 Å². The number of pyridine rings is 1. The van der Waals surface area contributed by atoms with Crippen LogP contribution in [-0.4, -0.2) is 32.7 Å². The van der Waals surface area contributed by atoms with E-state index in [9.17, 15) is 26.4 Å². The second kappa shape index (κ2) is 7.47. The van der Waals surface area contributed by atoms with E-state index in [1.165, 1.54) is 25.3 Å². The molecule has 2 aromatic rings. The number of esters is 1. The largest absolute Gasteiger partial charge is 0.468 e. The average molecular weight is 423 g/mol. The Kier molecular flexibility index (Phi) is 5.36. The third kappa shape index (κ3) is 4.40. The number of ether oxygens (including phenoxy) is 1. The first-order chi connectivity index (χ1) is 13.5. The molecule has 1 aromatic carbocycles. The minimum atomic E-state index is -4.51. The van der Waals surface area contributed by atoms with Crippen molar-refractivity contribution in [1.82, 2.24) is 4.98 Å². The van der Waals surface area contributed by atoms with Crippen LogP contribution < -0.4 is 0 Å². The van der Waals surface area contributed by atoms with Gasteiger partial charge < -0.3 is 4.74 Å². The number of allylic oxidation sites excluding steroid dienone is 2. The smallest absolute Gasteiger partial charge is 0.417 e. The zero-order valence-electron chi connectivity index (χ0n) is 15.4. The monoisotopic (exact) mass is 423 g/mol. The molecule has 1 aliphatic rings. The Morgan fingerprint density at radius 3 is 2.14 bits per heavy atom. The summed E-state index contributed by atoms with van der Waals surface area (Å²) >= 11 is 0. The molecule has 1 heterocycles. The Bertz CT molecular complexity index is 1100. The maximum absolute atomic E-state index is 12.8. The Morgan fingerprint density at radius 2 is 1.66 bits per heavy atom. The van der Waals surface area contributed by atoms with Crippen LogP contribution >= 0.6 is 0 Å². The number of sulfone groups is 1. The molecule has 0 spiro atoms. The highest BCUT2D eigenvalue weighted by Gasteiger charge is 2.31.